The summed E-state index contributed by atoms with van der Waals surface area (Å²) < 4.78 is 27.1. The summed E-state index contributed by atoms with van der Waals surface area (Å²) >= 11 is 0. The minimum Gasteiger partial charge on any atom is -0.207 e. The Kier molecular flexibility index (Phi) is 5.74. The first kappa shape index (κ1) is 23.7. The lowest BCUT2D eigenvalue weighted by atomic mass is 9.88. The average Bonchev–Trinajstić information content (AvgIpc) is 2.99. The zero-order valence-corrected chi connectivity index (χ0v) is 21.3. The van der Waals surface area contributed by atoms with Crippen molar-refractivity contribution in [2.45, 2.75) is 0 Å². The molecule has 0 saturated carbocycles. The fraction of sp³-hybridized carbons (Fsp3) is 0. The summed E-state index contributed by atoms with van der Waals surface area (Å²) in [4.78, 5) is 0. The maximum absolute atomic E-state index is 13.5. The topological polar surface area (TPSA) is 0 Å². The molecule has 0 nitrogen and oxygen atoms in total. The molecule has 0 amide bonds. The van der Waals surface area contributed by atoms with E-state index in [1.54, 1.807) is 24.3 Å². The van der Waals surface area contributed by atoms with Crippen molar-refractivity contribution in [3.8, 4) is 23.7 Å². The second-order valence-electron chi connectivity index (χ2n) is 9.75. The molecule has 0 aromatic heterocycles. The summed E-state index contributed by atoms with van der Waals surface area (Å²) in [6.07, 6.45) is 0. The second kappa shape index (κ2) is 9.70. The predicted octanol–water partition coefficient (Wildman–Crippen LogP) is 9.38. The first-order chi connectivity index (χ1) is 19.6. The van der Waals surface area contributed by atoms with Crippen molar-refractivity contribution >= 4 is 43.1 Å². The van der Waals surface area contributed by atoms with E-state index in [4.69, 9.17) is 0 Å². The molecule has 7 aromatic rings. The van der Waals surface area contributed by atoms with E-state index in [1.807, 2.05) is 24.3 Å². The molecule has 0 aliphatic heterocycles. The molecule has 0 aliphatic carbocycles. The molecule has 0 radical (unpaired) electrons. The van der Waals surface area contributed by atoms with Gasteiger partial charge in [-0.3, -0.25) is 0 Å². The first-order valence-corrected chi connectivity index (χ1v) is 13.0. The number of hydrogen-bond donors (Lipinski definition) is 0. The Balaban J connectivity index is 1.61. The fourth-order valence-corrected chi connectivity index (χ4v) is 5.20. The standard InChI is InChI=1S/C38H20F2/c39-31-15-9-25(10-16-31)13-19-33-35-21-27-5-1-2-6-28(27)22-36(35)34(20-14-26-11-17-32(40)18-12-26)38-24-30-8-4-3-7-29(30)23-37(33)38/h1-12,15-18,21-24H. The fourth-order valence-electron chi connectivity index (χ4n) is 5.20. The Morgan fingerprint density at radius 2 is 0.650 bits per heavy atom. The van der Waals surface area contributed by atoms with E-state index >= 15 is 0 Å². The van der Waals surface area contributed by atoms with E-state index in [9.17, 15) is 8.78 Å². The van der Waals surface area contributed by atoms with Crippen LogP contribution in [0, 0.1) is 35.3 Å². The van der Waals surface area contributed by atoms with Crippen LogP contribution in [0.4, 0.5) is 8.78 Å². The predicted molar refractivity (Wildman–Crippen MR) is 161 cm³/mol. The Bertz CT molecular complexity index is 1960. The van der Waals surface area contributed by atoms with Gasteiger partial charge < -0.3 is 0 Å². The maximum Gasteiger partial charge on any atom is 0.123 e. The van der Waals surface area contributed by atoms with Gasteiger partial charge in [0.05, 0.1) is 0 Å². The van der Waals surface area contributed by atoms with E-state index in [1.165, 1.54) is 24.3 Å². The number of hydrogen-bond acceptors (Lipinski definition) is 0. The van der Waals surface area contributed by atoms with Crippen molar-refractivity contribution in [2.24, 2.45) is 0 Å². The summed E-state index contributed by atoms with van der Waals surface area (Å²) in [5.41, 5.74) is 3.28. The lowest BCUT2D eigenvalue weighted by Gasteiger charge is -2.14. The molecule has 0 aliphatic rings. The molecule has 0 N–H and O–H groups in total. The van der Waals surface area contributed by atoms with Crippen LogP contribution in [0.15, 0.2) is 121 Å². The molecule has 2 heteroatoms. The van der Waals surface area contributed by atoms with Crippen molar-refractivity contribution < 1.29 is 8.78 Å². The van der Waals surface area contributed by atoms with Gasteiger partial charge in [0, 0.05) is 22.3 Å². The SMILES string of the molecule is Fc1ccc(C#Cc2c3cc4ccccc4cc3c(C#Cc3ccc(F)cc3)c3cc4ccccc4cc23)cc1. The van der Waals surface area contributed by atoms with Gasteiger partial charge in [-0.05, 0) is 116 Å². The first-order valence-electron chi connectivity index (χ1n) is 13.0. The monoisotopic (exact) mass is 514 g/mol. The molecule has 7 rings (SSSR count). The van der Waals surface area contributed by atoms with E-state index in [2.05, 4.69) is 72.2 Å². The van der Waals surface area contributed by atoms with E-state index in [0.717, 1.165) is 65.3 Å². The van der Waals surface area contributed by atoms with Gasteiger partial charge >= 0.3 is 0 Å². The smallest absolute Gasteiger partial charge is 0.123 e. The summed E-state index contributed by atoms with van der Waals surface area (Å²) in [6, 6.07) is 37.7. The second-order valence-corrected chi connectivity index (χ2v) is 9.75. The van der Waals surface area contributed by atoms with Crippen LogP contribution in [0.3, 0.4) is 0 Å². The van der Waals surface area contributed by atoms with Gasteiger partial charge in [0.1, 0.15) is 11.6 Å². The Labute approximate surface area is 230 Å². The highest BCUT2D eigenvalue weighted by Gasteiger charge is 2.14. The lowest BCUT2D eigenvalue weighted by molar-refractivity contribution is 0.627. The summed E-state index contributed by atoms with van der Waals surface area (Å²) in [7, 11) is 0. The van der Waals surface area contributed by atoms with Gasteiger partial charge in [-0.25, -0.2) is 8.78 Å². The van der Waals surface area contributed by atoms with Gasteiger partial charge in [-0.2, -0.15) is 0 Å². The van der Waals surface area contributed by atoms with Crippen LogP contribution in [0.1, 0.15) is 22.3 Å². The third-order valence-electron chi connectivity index (χ3n) is 7.20. The Hall–Kier alpha value is -5.44. The third-order valence-corrected chi connectivity index (χ3v) is 7.20. The molecule has 0 bridgehead atoms. The zero-order valence-electron chi connectivity index (χ0n) is 21.3. The van der Waals surface area contributed by atoms with Crippen molar-refractivity contribution in [3.63, 3.8) is 0 Å². The van der Waals surface area contributed by atoms with E-state index < -0.39 is 0 Å². The van der Waals surface area contributed by atoms with Crippen LogP contribution in [0.25, 0.3) is 43.1 Å². The molecule has 0 atom stereocenters. The Morgan fingerprint density at radius 1 is 0.350 bits per heavy atom. The Morgan fingerprint density at radius 3 is 0.950 bits per heavy atom. The van der Waals surface area contributed by atoms with Crippen molar-refractivity contribution in [3.05, 3.63) is 155 Å². The van der Waals surface area contributed by atoms with Crippen molar-refractivity contribution in [1.82, 2.24) is 0 Å². The minimum atomic E-state index is -0.288. The molecule has 0 spiro atoms. The molecule has 0 unspecified atom stereocenters. The van der Waals surface area contributed by atoms with Crippen LogP contribution in [-0.2, 0) is 0 Å². The van der Waals surface area contributed by atoms with Gasteiger partial charge in [-0.1, -0.05) is 72.2 Å². The molecule has 0 heterocycles. The van der Waals surface area contributed by atoms with Crippen LogP contribution in [0.5, 0.6) is 0 Å². The van der Waals surface area contributed by atoms with Gasteiger partial charge in [0.2, 0.25) is 0 Å². The highest BCUT2D eigenvalue weighted by atomic mass is 19.1. The van der Waals surface area contributed by atoms with Crippen LogP contribution >= 0.6 is 0 Å². The molecule has 40 heavy (non-hydrogen) atoms. The molecular formula is C38H20F2. The van der Waals surface area contributed by atoms with Crippen LogP contribution < -0.4 is 0 Å². The van der Waals surface area contributed by atoms with Gasteiger partial charge in [-0.15, -0.1) is 0 Å². The molecule has 0 fully saturated rings. The highest BCUT2D eigenvalue weighted by molar-refractivity contribution is 6.16. The average molecular weight is 515 g/mol. The molecular weight excluding hydrogens is 494 g/mol. The highest BCUT2D eigenvalue weighted by Crippen LogP contribution is 2.37. The van der Waals surface area contributed by atoms with Crippen molar-refractivity contribution in [2.75, 3.05) is 0 Å². The molecule has 186 valence electrons. The lowest BCUT2D eigenvalue weighted by Crippen LogP contribution is -1.92. The normalized spacial score (nSPS) is 10.8. The third kappa shape index (κ3) is 4.33. The summed E-state index contributed by atoms with van der Waals surface area (Å²) in [6.45, 7) is 0. The zero-order chi connectivity index (χ0) is 27.1. The van der Waals surface area contributed by atoms with Gasteiger partial charge in [0.25, 0.3) is 0 Å². The van der Waals surface area contributed by atoms with E-state index in [-0.39, 0.29) is 11.6 Å². The molecule has 0 saturated heterocycles. The molecule has 7 aromatic carbocycles. The summed E-state index contributed by atoms with van der Waals surface area (Å²) in [5, 5.41) is 8.43. The maximum atomic E-state index is 13.5. The van der Waals surface area contributed by atoms with Crippen LogP contribution in [0.2, 0.25) is 0 Å². The van der Waals surface area contributed by atoms with Gasteiger partial charge in [0.15, 0.2) is 0 Å². The number of benzene rings is 7. The van der Waals surface area contributed by atoms with Crippen molar-refractivity contribution in [1.29, 1.82) is 0 Å². The van der Waals surface area contributed by atoms with E-state index in [0.29, 0.717) is 0 Å². The number of rotatable bonds is 0. The number of halogens is 2. The quantitative estimate of drug-likeness (QED) is 0.140. The van der Waals surface area contributed by atoms with Crippen LogP contribution in [-0.4, -0.2) is 0 Å². The summed E-state index contributed by atoms with van der Waals surface area (Å²) in [5.74, 6) is 12.8. The number of fused-ring (bicyclic) bond motifs is 4. The minimum absolute atomic E-state index is 0.288. The largest absolute Gasteiger partial charge is 0.207 e.